The summed E-state index contributed by atoms with van der Waals surface area (Å²) in [5.74, 6) is -2.00. The van der Waals surface area contributed by atoms with E-state index in [4.69, 9.17) is 15.2 Å². The maximum atomic E-state index is 14.5. The molecule has 1 aromatic rings. The monoisotopic (exact) mass is 345 g/mol. The number of esters is 1. The highest BCUT2D eigenvalue weighted by Crippen LogP contribution is 2.44. The largest absolute Gasteiger partial charge is 0.459 e. The maximum absolute atomic E-state index is 14.5. The summed E-state index contributed by atoms with van der Waals surface area (Å²) in [6.45, 7) is 3.40. The molecule has 1 heterocycles. The minimum absolute atomic E-state index is 0.0206. The van der Waals surface area contributed by atoms with Gasteiger partial charge in [-0.3, -0.25) is 4.79 Å². The lowest BCUT2D eigenvalue weighted by molar-refractivity contribution is -0.143. The Balaban J connectivity index is 2.17. The van der Waals surface area contributed by atoms with Gasteiger partial charge in [-0.25, -0.2) is 9.18 Å². The molecule has 1 aliphatic carbocycles. The summed E-state index contributed by atoms with van der Waals surface area (Å²) < 4.78 is 25.3. The third-order valence-corrected chi connectivity index (χ3v) is 4.26. The highest BCUT2D eigenvalue weighted by atomic mass is 19.1. The Morgan fingerprint density at radius 3 is 2.72 bits per heavy atom. The second-order valence-electron chi connectivity index (χ2n) is 6.40. The summed E-state index contributed by atoms with van der Waals surface area (Å²) in [5.41, 5.74) is 6.48. The number of rotatable bonds is 3. The van der Waals surface area contributed by atoms with Crippen molar-refractivity contribution in [2.75, 3.05) is 0 Å². The van der Waals surface area contributed by atoms with Crippen molar-refractivity contribution in [3.05, 3.63) is 58.4 Å². The van der Waals surface area contributed by atoms with E-state index in [1.54, 1.807) is 32.0 Å². The van der Waals surface area contributed by atoms with Crippen LogP contribution in [-0.2, 0) is 19.1 Å². The molecule has 1 aliphatic heterocycles. The fourth-order valence-corrected chi connectivity index (χ4v) is 3.25. The second-order valence-corrected chi connectivity index (χ2v) is 6.40. The maximum Gasteiger partial charge on any atom is 0.340 e. The zero-order chi connectivity index (χ0) is 18.1. The summed E-state index contributed by atoms with van der Waals surface area (Å²) in [5, 5.41) is 0. The van der Waals surface area contributed by atoms with E-state index >= 15 is 0 Å². The van der Waals surface area contributed by atoms with Gasteiger partial charge in [0.1, 0.15) is 17.1 Å². The van der Waals surface area contributed by atoms with Crippen LogP contribution in [0.15, 0.2) is 47.1 Å². The van der Waals surface area contributed by atoms with Crippen molar-refractivity contribution in [2.24, 2.45) is 5.73 Å². The summed E-state index contributed by atoms with van der Waals surface area (Å²) in [7, 11) is 0. The zero-order valence-corrected chi connectivity index (χ0v) is 14.2. The SMILES string of the molecule is CC(C)OC(=O)C1=C(N)OC2=C(C(=O)CCC2)[C@H]1c1ccccc1F. The molecule has 0 bridgehead atoms. The van der Waals surface area contributed by atoms with Crippen LogP contribution in [0, 0.1) is 5.82 Å². The molecule has 0 radical (unpaired) electrons. The van der Waals surface area contributed by atoms with Crippen LogP contribution in [0.4, 0.5) is 4.39 Å². The standard InChI is InChI=1S/C19H20FNO4/c1-10(2)24-19(23)17-15(11-6-3-4-7-12(11)20)16-13(22)8-5-9-14(16)25-18(17)21/h3-4,6-7,10,15H,5,8-9,21H2,1-2H3/t15-/m1/s1. The summed E-state index contributed by atoms with van der Waals surface area (Å²) in [6.07, 6.45) is 1.12. The number of nitrogens with two attached hydrogens (primary N) is 1. The molecule has 0 unspecified atom stereocenters. The third kappa shape index (κ3) is 3.16. The lowest BCUT2D eigenvalue weighted by Gasteiger charge is -2.32. The van der Waals surface area contributed by atoms with Gasteiger partial charge in [-0.05, 0) is 26.3 Å². The highest BCUT2D eigenvalue weighted by Gasteiger charge is 2.42. The van der Waals surface area contributed by atoms with E-state index in [-0.39, 0.29) is 28.9 Å². The van der Waals surface area contributed by atoms with Crippen molar-refractivity contribution < 1.29 is 23.5 Å². The van der Waals surface area contributed by atoms with Gasteiger partial charge in [0.05, 0.1) is 12.0 Å². The summed E-state index contributed by atoms with van der Waals surface area (Å²) in [6, 6.07) is 6.05. The van der Waals surface area contributed by atoms with Crippen LogP contribution in [0.5, 0.6) is 0 Å². The Morgan fingerprint density at radius 2 is 2.04 bits per heavy atom. The molecule has 0 saturated heterocycles. The molecule has 0 aromatic heterocycles. The van der Waals surface area contributed by atoms with Crippen LogP contribution >= 0.6 is 0 Å². The van der Waals surface area contributed by atoms with Gasteiger partial charge in [-0.15, -0.1) is 0 Å². The fourth-order valence-electron chi connectivity index (χ4n) is 3.25. The Labute approximate surface area is 145 Å². The Hall–Kier alpha value is -2.63. The molecule has 6 heteroatoms. The van der Waals surface area contributed by atoms with Crippen LogP contribution < -0.4 is 5.73 Å². The first-order valence-corrected chi connectivity index (χ1v) is 8.29. The first-order chi connectivity index (χ1) is 11.9. The first-order valence-electron chi connectivity index (χ1n) is 8.29. The van der Waals surface area contributed by atoms with Crippen LogP contribution in [0.1, 0.15) is 44.6 Å². The van der Waals surface area contributed by atoms with Crippen molar-refractivity contribution in [3.63, 3.8) is 0 Å². The fraction of sp³-hybridized carbons (Fsp3) is 0.368. The molecule has 25 heavy (non-hydrogen) atoms. The average Bonchev–Trinajstić information content (AvgIpc) is 2.53. The third-order valence-electron chi connectivity index (χ3n) is 4.26. The van der Waals surface area contributed by atoms with E-state index in [0.717, 1.165) is 0 Å². The van der Waals surface area contributed by atoms with Gasteiger partial charge < -0.3 is 15.2 Å². The molecule has 0 amide bonds. The van der Waals surface area contributed by atoms with Gasteiger partial charge in [0.25, 0.3) is 0 Å². The molecule has 2 N–H and O–H groups in total. The van der Waals surface area contributed by atoms with Gasteiger partial charge in [0.2, 0.25) is 5.88 Å². The molecule has 0 spiro atoms. The Bertz CT molecular complexity index is 794. The lowest BCUT2D eigenvalue weighted by Crippen LogP contribution is -2.32. The van der Waals surface area contributed by atoms with E-state index in [0.29, 0.717) is 30.6 Å². The quantitative estimate of drug-likeness (QED) is 0.852. The Kier molecular flexibility index (Phi) is 4.61. The number of allylic oxidation sites excluding steroid dienone is 2. The van der Waals surface area contributed by atoms with Gasteiger partial charge in [0, 0.05) is 24.0 Å². The van der Waals surface area contributed by atoms with Gasteiger partial charge in [0.15, 0.2) is 5.78 Å². The number of ether oxygens (including phenoxy) is 2. The highest BCUT2D eigenvalue weighted by molar-refractivity contribution is 6.03. The van der Waals surface area contributed by atoms with Gasteiger partial charge in [-0.2, -0.15) is 0 Å². The molecule has 5 nitrogen and oxygen atoms in total. The number of carbonyl (C=O) groups is 2. The van der Waals surface area contributed by atoms with E-state index in [1.165, 1.54) is 6.07 Å². The summed E-state index contributed by atoms with van der Waals surface area (Å²) >= 11 is 0. The minimum Gasteiger partial charge on any atom is -0.459 e. The zero-order valence-electron chi connectivity index (χ0n) is 14.2. The van der Waals surface area contributed by atoms with Crippen LogP contribution in [0.3, 0.4) is 0 Å². The van der Waals surface area contributed by atoms with Crippen molar-refractivity contribution >= 4 is 11.8 Å². The molecule has 132 valence electrons. The predicted molar refractivity (Wildman–Crippen MR) is 88.6 cm³/mol. The number of ketones is 1. The number of hydrogen-bond donors (Lipinski definition) is 1. The van der Waals surface area contributed by atoms with Crippen LogP contribution in [0.2, 0.25) is 0 Å². The van der Waals surface area contributed by atoms with E-state index in [1.807, 2.05) is 0 Å². The van der Waals surface area contributed by atoms with Crippen molar-refractivity contribution in [1.29, 1.82) is 0 Å². The van der Waals surface area contributed by atoms with Crippen LogP contribution in [0.25, 0.3) is 0 Å². The van der Waals surface area contributed by atoms with Crippen molar-refractivity contribution in [1.82, 2.24) is 0 Å². The van der Waals surface area contributed by atoms with Crippen molar-refractivity contribution in [3.8, 4) is 0 Å². The van der Waals surface area contributed by atoms with Gasteiger partial charge >= 0.3 is 5.97 Å². The molecular weight excluding hydrogens is 325 g/mol. The normalized spacial score (nSPS) is 20.5. The average molecular weight is 345 g/mol. The minimum atomic E-state index is -0.913. The predicted octanol–water partition coefficient (Wildman–Crippen LogP) is 3.07. The molecule has 3 rings (SSSR count). The van der Waals surface area contributed by atoms with Gasteiger partial charge in [-0.1, -0.05) is 18.2 Å². The first kappa shape index (κ1) is 17.2. The topological polar surface area (TPSA) is 78.6 Å². The lowest BCUT2D eigenvalue weighted by atomic mass is 9.77. The Morgan fingerprint density at radius 1 is 1.32 bits per heavy atom. The second kappa shape index (κ2) is 6.70. The molecule has 1 aromatic carbocycles. The molecule has 0 saturated carbocycles. The number of benzene rings is 1. The summed E-state index contributed by atoms with van der Waals surface area (Å²) in [4.78, 5) is 25.1. The van der Waals surface area contributed by atoms with E-state index in [2.05, 4.69) is 0 Å². The number of Topliss-reactive ketones (excluding diaryl/α,β-unsaturated/α-hetero) is 1. The number of hydrogen-bond acceptors (Lipinski definition) is 5. The molecule has 1 atom stereocenters. The number of carbonyl (C=O) groups excluding carboxylic acids is 2. The van der Waals surface area contributed by atoms with Crippen molar-refractivity contribution in [2.45, 2.75) is 45.1 Å². The molecule has 2 aliphatic rings. The smallest absolute Gasteiger partial charge is 0.340 e. The number of halogens is 1. The molecular formula is C19H20FNO4. The molecule has 0 fully saturated rings. The van der Waals surface area contributed by atoms with E-state index in [9.17, 15) is 14.0 Å². The van der Waals surface area contributed by atoms with E-state index < -0.39 is 17.7 Å². The van der Waals surface area contributed by atoms with Crippen LogP contribution in [-0.4, -0.2) is 17.9 Å².